The zero-order valence-electron chi connectivity index (χ0n) is 18.0. The van der Waals surface area contributed by atoms with Gasteiger partial charge in [0.2, 0.25) is 5.91 Å². The highest BCUT2D eigenvalue weighted by Gasteiger charge is 2.32. The SMILES string of the molecule is Cc1ccc(C)c(CC(=O)N2CCC(n3c(C)nc4cc(C(F)(F)F)ccc43)CC2)c1. The van der Waals surface area contributed by atoms with E-state index >= 15 is 0 Å². The summed E-state index contributed by atoms with van der Waals surface area (Å²) in [6.07, 6.45) is -2.48. The molecule has 0 bridgehead atoms. The number of aromatic nitrogens is 2. The van der Waals surface area contributed by atoms with Gasteiger partial charge in [0.15, 0.2) is 0 Å². The van der Waals surface area contributed by atoms with E-state index in [9.17, 15) is 18.0 Å². The zero-order valence-corrected chi connectivity index (χ0v) is 18.0. The molecule has 1 saturated heterocycles. The van der Waals surface area contributed by atoms with Crippen LogP contribution in [0.25, 0.3) is 11.0 Å². The number of alkyl halides is 3. The van der Waals surface area contributed by atoms with Crippen molar-refractivity contribution in [3.8, 4) is 0 Å². The fraction of sp³-hybridized carbons (Fsp3) is 0.417. The van der Waals surface area contributed by atoms with E-state index in [1.807, 2.05) is 42.4 Å². The Labute approximate surface area is 179 Å². The van der Waals surface area contributed by atoms with E-state index in [4.69, 9.17) is 0 Å². The number of fused-ring (bicyclic) bond motifs is 1. The van der Waals surface area contributed by atoms with E-state index in [2.05, 4.69) is 11.1 Å². The number of carbonyl (C=O) groups is 1. The lowest BCUT2D eigenvalue weighted by atomic mass is 10.00. The van der Waals surface area contributed by atoms with Gasteiger partial charge in [-0.05, 0) is 62.9 Å². The molecule has 2 heterocycles. The van der Waals surface area contributed by atoms with Crippen LogP contribution in [0.5, 0.6) is 0 Å². The zero-order chi connectivity index (χ0) is 22.3. The minimum absolute atomic E-state index is 0.117. The molecule has 4 nitrogen and oxygen atoms in total. The van der Waals surface area contributed by atoms with Crippen LogP contribution in [0.15, 0.2) is 36.4 Å². The Morgan fingerprint density at radius 3 is 2.45 bits per heavy atom. The summed E-state index contributed by atoms with van der Waals surface area (Å²) in [5.74, 6) is 0.823. The van der Waals surface area contributed by atoms with Crippen molar-refractivity contribution in [1.29, 1.82) is 0 Å². The number of amides is 1. The molecule has 2 aromatic carbocycles. The Morgan fingerprint density at radius 1 is 1.06 bits per heavy atom. The summed E-state index contributed by atoms with van der Waals surface area (Å²) >= 11 is 0. The van der Waals surface area contributed by atoms with E-state index < -0.39 is 11.7 Å². The standard InChI is InChI=1S/C24H26F3N3O/c1-15-4-5-16(2)18(12-15)13-23(31)29-10-8-20(9-11-29)30-17(3)28-21-14-19(24(25,26)27)6-7-22(21)30/h4-7,12,14,20H,8-11,13H2,1-3H3. The van der Waals surface area contributed by atoms with Crippen LogP contribution < -0.4 is 0 Å². The van der Waals surface area contributed by atoms with E-state index in [0.717, 1.165) is 41.7 Å². The number of likely N-dealkylation sites (tertiary alicyclic amines) is 1. The monoisotopic (exact) mass is 429 g/mol. The first kappa shape index (κ1) is 21.4. The topological polar surface area (TPSA) is 38.1 Å². The number of hydrogen-bond donors (Lipinski definition) is 0. The van der Waals surface area contributed by atoms with Crippen LogP contribution in [0.2, 0.25) is 0 Å². The summed E-state index contributed by atoms with van der Waals surface area (Å²) in [6.45, 7) is 7.13. The minimum atomic E-state index is -4.38. The van der Waals surface area contributed by atoms with Crippen LogP contribution in [0.1, 0.15) is 47.0 Å². The van der Waals surface area contributed by atoms with Gasteiger partial charge in [0, 0.05) is 19.1 Å². The highest BCUT2D eigenvalue weighted by Crippen LogP contribution is 2.34. The lowest BCUT2D eigenvalue weighted by Gasteiger charge is -2.33. The number of carbonyl (C=O) groups excluding carboxylic acids is 1. The summed E-state index contributed by atoms with van der Waals surface area (Å²) in [4.78, 5) is 19.1. The van der Waals surface area contributed by atoms with Crippen molar-refractivity contribution >= 4 is 16.9 Å². The first-order chi connectivity index (χ1) is 14.6. The first-order valence-electron chi connectivity index (χ1n) is 10.5. The molecule has 1 amide bonds. The molecular formula is C24H26F3N3O. The fourth-order valence-electron chi connectivity index (χ4n) is 4.50. The molecular weight excluding hydrogens is 403 g/mol. The van der Waals surface area contributed by atoms with Crippen molar-refractivity contribution in [3.63, 3.8) is 0 Å². The van der Waals surface area contributed by atoms with Gasteiger partial charge in [-0.25, -0.2) is 4.98 Å². The number of nitrogens with zero attached hydrogens (tertiary/aromatic N) is 3. The largest absolute Gasteiger partial charge is 0.416 e. The van der Waals surface area contributed by atoms with Gasteiger partial charge in [-0.2, -0.15) is 13.2 Å². The van der Waals surface area contributed by atoms with Crippen LogP contribution in [0, 0.1) is 20.8 Å². The van der Waals surface area contributed by atoms with Gasteiger partial charge in [0.25, 0.3) is 0 Å². The Balaban J connectivity index is 1.47. The second-order valence-corrected chi connectivity index (χ2v) is 8.45. The molecule has 1 aliphatic heterocycles. The fourth-order valence-corrected chi connectivity index (χ4v) is 4.50. The minimum Gasteiger partial charge on any atom is -0.342 e. The Morgan fingerprint density at radius 2 is 1.77 bits per heavy atom. The molecule has 3 aromatic rings. The van der Waals surface area contributed by atoms with Gasteiger partial charge in [0.05, 0.1) is 23.0 Å². The van der Waals surface area contributed by atoms with Crippen molar-refractivity contribution < 1.29 is 18.0 Å². The molecule has 0 atom stereocenters. The maximum Gasteiger partial charge on any atom is 0.416 e. The average molecular weight is 429 g/mol. The number of imidazole rings is 1. The smallest absolute Gasteiger partial charge is 0.342 e. The first-order valence-corrected chi connectivity index (χ1v) is 10.5. The summed E-state index contributed by atoms with van der Waals surface area (Å²) in [7, 11) is 0. The summed E-state index contributed by atoms with van der Waals surface area (Å²) in [5, 5.41) is 0. The Kier molecular flexibility index (Phi) is 5.54. The van der Waals surface area contributed by atoms with Crippen molar-refractivity contribution in [2.75, 3.05) is 13.1 Å². The number of benzene rings is 2. The molecule has 0 radical (unpaired) electrons. The lowest BCUT2D eigenvalue weighted by Crippen LogP contribution is -2.40. The van der Waals surface area contributed by atoms with Crippen molar-refractivity contribution in [2.24, 2.45) is 0 Å². The van der Waals surface area contributed by atoms with E-state index in [-0.39, 0.29) is 11.9 Å². The molecule has 7 heteroatoms. The van der Waals surface area contributed by atoms with Gasteiger partial charge in [0.1, 0.15) is 5.82 Å². The van der Waals surface area contributed by atoms with Gasteiger partial charge < -0.3 is 9.47 Å². The molecule has 1 aliphatic rings. The van der Waals surface area contributed by atoms with E-state index in [0.29, 0.717) is 36.4 Å². The second kappa shape index (κ2) is 8.02. The normalized spacial score (nSPS) is 15.6. The van der Waals surface area contributed by atoms with Crippen LogP contribution in [0.3, 0.4) is 0 Å². The Bertz CT molecular complexity index is 1130. The summed E-state index contributed by atoms with van der Waals surface area (Å²) in [5.41, 5.74) is 3.71. The molecule has 164 valence electrons. The maximum absolute atomic E-state index is 13.0. The van der Waals surface area contributed by atoms with Crippen LogP contribution >= 0.6 is 0 Å². The number of piperidine rings is 1. The van der Waals surface area contributed by atoms with Gasteiger partial charge in [-0.15, -0.1) is 0 Å². The van der Waals surface area contributed by atoms with Crippen LogP contribution in [0.4, 0.5) is 13.2 Å². The third-order valence-corrected chi connectivity index (χ3v) is 6.22. The predicted octanol–water partition coefficient (Wildman–Crippen LogP) is 5.39. The van der Waals surface area contributed by atoms with Gasteiger partial charge in [-0.1, -0.05) is 23.8 Å². The van der Waals surface area contributed by atoms with E-state index in [1.54, 1.807) is 0 Å². The molecule has 0 N–H and O–H groups in total. The Hall–Kier alpha value is -2.83. The predicted molar refractivity (Wildman–Crippen MR) is 114 cm³/mol. The highest BCUT2D eigenvalue weighted by atomic mass is 19.4. The maximum atomic E-state index is 13.0. The quantitative estimate of drug-likeness (QED) is 0.560. The molecule has 0 unspecified atom stereocenters. The molecule has 4 rings (SSSR count). The van der Waals surface area contributed by atoms with Gasteiger partial charge in [-0.3, -0.25) is 4.79 Å². The molecule has 0 aliphatic carbocycles. The highest BCUT2D eigenvalue weighted by molar-refractivity contribution is 5.79. The average Bonchev–Trinajstić information content (AvgIpc) is 3.05. The summed E-state index contributed by atoms with van der Waals surface area (Å²) in [6, 6.07) is 10.0. The third kappa shape index (κ3) is 4.31. The van der Waals surface area contributed by atoms with Crippen molar-refractivity contribution in [3.05, 3.63) is 64.5 Å². The molecule has 1 fully saturated rings. The van der Waals surface area contributed by atoms with Crippen LogP contribution in [-0.4, -0.2) is 33.4 Å². The second-order valence-electron chi connectivity index (χ2n) is 8.45. The third-order valence-electron chi connectivity index (χ3n) is 6.22. The molecule has 1 aromatic heterocycles. The van der Waals surface area contributed by atoms with E-state index in [1.165, 1.54) is 6.07 Å². The van der Waals surface area contributed by atoms with Crippen LogP contribution in [-0.2, 0) is 17.4 Å². The van der Waals surface area contributed by atoms with Crippen molar-refractivity contribution in [2.45, 2.75) is 52.3 Å². The number of halogens is 3. The number of rotatable bonds is 3. The summed E-state index contributed by atoms with van der Waals surface area (Å²) < 4.78 is 41.1. The molecule has 0 spiro atoms. The molecule has 31 heavy (non-hydrogen) atoms. The number of hydrogen-bond acceptors (Lipinski definition) is 2. The number of aryl methyl sites for hydroxylation is 3. The molecule has 0 saturated carbocycles. The van der Waals surface area contributed by atoms with Gasteiger partial charge >= 0.3 is 6.18 Å². The lowest BCUT2D eigenvalue weighted by molar-refractivity contribution is -0.137. The van der Waals surface area contributed by atoms with Crippen molar-refractivity contribution in [1.82, 2.24) is 14.5 Å².